The van der Waals surface area contributed by atoms with Gasteiger partial charge in [0, 0.05) is 11.6 Å². The fraction of sp³-hybridized carbons (Fsp3) is 0.500. The van der Waals surface area contributed by atoms with Gasteiger partial charge in [-0.15, -0.1) is 0 Å². The van der Waals surface area contributed by atoms with Crippen LogP contribution in [0, 0.1) is 10.1 Å². The highest BCUT2D eigenvalue weighted by Crippen LogP contribution is 2.25. The van der Waals surface area contributed by atoms with Crippen LogP contribution in [0.4, 0.5) is 11.4 Å². The van der Waals surface area contributed by atoms with Crippen LogP contribution >= 0.6 is 0 Å². The molecule has 1 saturated heterocycles. The molecule has 0 aromatic heterocycles. The lowest BCUT2D eigenvalue weighted by atomic mass is 10.1. The second-order valence-electron chi connectivity index (χ2n) is 5.08. The molecule has 21 heavy (non-hydrogen) atoms. The van der Waals surface area contributed by atoms with Crippen molar-refractivity contribution in [3.63, 3.8) is 0 Å². The predicted octanol–water partition coefficient (Wildman–Crippen LogP) is 0.124. The smallest absolute Gasteiger partial charge is 0.293 e. The summed E-state index contributed by atoms with van der Waals surface area (Å²) in [5.74, 6) is -0.178. The number of nitrogens with one attached hydrogen (secondary N) is 2. The van der Waals surface area contributed by atoms with Crippen molar-refractivity contribution >= 4 is 17.2 Å². The summed E-state index contributed by atoms with van der Waals surface area (Å²) in [6.45, 7) is 6.39. The molecule has 1 aromatic rings. The Kier molecular flexibility index (Phi) is 5.24. The molecule has 2 rings (SSSR count). The van der Waals surface area contributed by atoms with Crippen LogP contribution in [0.5, 0.6) is 0 Å². The van der Waals surface area contributed by atoms with E-state index in [0.717, 1.165) is 32.8 Å². The van der Waals surface area contributed by atoms with Gasteiger partial charge in [0.25, 0.3) is 5.69 Å². The van der Waals surface area contributed by atoms with Crippen molar-refractivity contribution in [1.82, 2.24) is 0 Å². The minimum atomic E-state index is -0.462. The van der Waals surface area contributed by atoms with Gasteiger partial charge >= 0.3 is 0 Å². The normalized spacial score (nSPS) is 15.7. The van der Waals surface area contributed by atoms with Crippen molar-refractivity contribution in [3.8, 4) is 0 Å². The Balaban J connectivity index is 1.98. The van der Waals surface area contributed by atoms with E-state index in [1.165, 1.54) is 17.9 Å². The molecule has 1 aliphatic rings. The molecule has 1 aliphatic heterocycles. The van der Waals surface area contributed by atoms with E-state index in [2.05, 4.69) is 5.32 Å². The van der Waals surface area contributed by atoms with E-state index in [1.807, 2.05) is 0 Å². The molecule has 0 atom stereocenters. The van der Waals surface area contributed by atoms with Crippen LogP contribution in [-0.2, 0) is 4.74 Å². The lowest BCUT2D eigenvalue weighted by Crippen LogP contribution is -3.14. The fourth-order valence-electron chi connectivity index (χ4n) is 2.34. The van der Waals surface area contributed by atoms with Crippen molar-refractivity contribution in [2.24, 2.45) is 0 Å². The third-order valence-corrected chi connectivity index (χ3v) is 3.59. The first-order valence-electron chi connectivity index (χ1n) is 7.02. The zero-order valence-electron chi connectivity index (χ0n) is 12.1. The van der Waals surface area contributed by atoms with E-state index in [-0.39, 0.29) is 11.5 Å². The molecule has 2 N–H and O–H groups in total. The van der Waals surface area contributed by atoms with Gasteiger partial charge in [0.05, 0.1) is 31.2 Å². The second kappa shape index (κ2) is 7.14. The van der Waals surface area contributed by atoms with Crippen molar-refractivity contribution in [2.45, 2.75) is 6.92 Å². The number of hydrogen-bond acceptors (Lipinski definition) is 5. The van der Waals surface area contributed by atoms with Crippen LogP contribution in [0.2, 0.25) is 0 Å². The molecule has 0 unspecified atom stereocenters. The molecular formula is C14H20N3O4+. The van der Waals surface area contributed by atoms with Crippen LogP contribution in [0.15, 0.2) is 18.2 Å². The molecule has 0 amide bonds. The number of carbonyl (C=O) groups is 1. The van der Waals surface area contributed by atoms with E-state index in [0.29, 0.717) is 17.8 Å². The van der Waals surface area contributed by atoms with Gasteiger partial charge in [-0.05, 0) is 19.1 Å². The maximum Gasteiger partial charge on any atom is 0.293 e. The van der Waals surface area contributed by atoms with Gasteiger partial charge in [-0.25, -0.2) is 0 Å². The number of nitro groups is 1. The molecule has 114 valence electrons. The van der Waals surface area contributed by atoms with E-state index in [1.54, 1.807) is 12.1 Å². The highest BCUT2D eigenvalue weighted by atomic mass is 16.6. The van der Waals surface area contributed by atoms with Crippen molar-refractivity contribution < 1.29 is 19.4 Å². The molecule has 7 nitrogen and oxygen atoms in total. The van der Waals surface area contributed by atoms with E-state index >= 15 is 0 Å². The summed E-state index contributed by atoms with van der Waals surface area (Å²) < 4.78 is 5.29. The maximum atomic E-state index is 11.3. The van der Waals surface area contributed by atoms with Crippen LogP contribution < -0.4 is 10.2 Å². The summed E-state index contributed by atoms with van der Waals surface area (Å²) in [7, 11) is 0. The van der Waals surface area contributed by atoms with Crippen LogP contribution in [0.25, 0.3) is 0 Å². The Morgan fingerprint density at radius 1 is 1.43 bits per heavy atom. The molecule has 1 fully saturated rings. The van der Waals surface area contributed by atoms with Gasteiger partial charge in [-0.1, -0.05) is 0 Å². The predicted molar refractivity (Wildman–Crippen MR) is 78.0 cm³/mol. The quantitative estimate of drug-likeness (QED) is 0.442. The van der Waals surface area contributed by atoms with Gasteiger partial charge < -0.3 is 15.0 Å². The number of benzene rings is 1. The number of morpholine rings is 1. The van der Waals surface area contributed by atoms with Gasteiger partial charge in [0.1, 0.15) is 18.8 Å². The largest absolute Gasteiger partial charge is 0.374 e. The molecular weight excluding hydrogens is 274 g/mol. The number of anilines is 1. The Hall–Kier alpha value is -1.99. The zero-order chi connectivity index (χ0) is 15.2. The van der Waals surface area contributed by atoms with Gasteiger partial charge in [-0.2, -0.15) is 0 Å². The summed E-state index contributed by atoms with van der Waals surface area (Å²) in [4.78, 5) is 23.4. The average molecular weight is 294 g/mol. The number of nitrogens with zero attached hydrogens (tertiary/aromatic N) is 1. The topological polar surface area (TPSA) is 85.9 Å². The monoisotopic (exact) mass is 294 g/mol. The van der Waals surface area contributed by atoms with Crippen molar-refractivity contribution in [3.05, 3.63) is 33.9 Å². The summed E-state index contributed by atoms with van der Waals surface area (Å²) in [5.41, 5.74) is 0.753. The summed E-state index contributed by atoms with van der Waals surface area (Å²) in [5, 5.41) is 14.2. The van der Waals surface area contributed by atoms with E-state index in [9.17, 15) is 14.9 Å². The SMILES string of the molecule is CC(=O)c1ccc(NCC[NH+]2CCOCC2)c([N+](=O)[O-])c1. The molecule has 1 aromatic carbocycles. The number of ether oxygens (including phenoxy) is 1. The van der Waals surface area contributed by atoms with Crippen LogP contribution in [-0.4, -0.2) is 50.1 Å². The van der Waals surface area contributed by atoms with Crippen molar-refractivity contribution in [2.75, 3.05) is 44.7 Å². The molecule has 0 aliphatic carbocycles. The number of Topliss-reactive ketones (excluding diaryl/α,β-unsaturated/α-hetero) is 1. The van der Waals surface area contributed by atoms with E-state index < -0.39 is 4.92 Å². The minimum absolute atomic E-state index is 0.0559. The molecule has 0 spiro atoms. The standard InChI is InChI=1S/C14H19N3O4/c1-11(18)12-2-3-13(14(10-12)17(19)20)15-4-5-16-6-8-21-9-7-16/h2-3,10,15H,4-9H2,1H3/p+1. The van der Waals surface area contributed by atoms with Gasteiger partial charge in [-0.3, -0.25) is 14.9 Å². The first kappa shape index (κ1) is 15.4. The van der Waals surface area contributed by atoms with Gasteiger partial charge in [0.15, 0.2) is 5.78 Å². The number of rotatable bonds is 6. The Morgan fingerprint density at radius 2 is 2.14 bits per heavy atom. The second-order valence-corrected chi connectivity index (χ2v) is 5.08. The average Bonchev–Trinajstić information content (AvgIpc) is 2.48. The summed E-state index contributed by atoms with van der Waals surface area (Å²) in [6.07, 6.45) is 0. The first-order chi connectivity index (χ1) is 10.1. The fourth-order valence-corrected chi connectivity index (χ4v) is 2.34. The van der Waals surface area contributed by atoms with E-state index in [4.69, 9.17) is 4.74 Å². The van der Waals surface area contributed by atoms with Crippen molar-refractivity contribution in [1.29, 1.82) is 0 Å². The number of hydrogen-bond donors (Lipinski definition) is 2. The third kappa shape index (κ3) is 4.24. The zero-order valence-corrected chi connectivity index (χ0v) is 12.1. The molecule has 7 heteroatoms. The number of quaternary nitrogens is 1. The lowest BCUT2D eigenvalue weighted by molar-refractivity contribution is -0.906. The van der Waals surface area contributed by atoms with Crippen LogP contribution in [0.3, 0.4) is 0 Å². The minimum Gasteiger partial charge on any atom is -0.374 e. The first-order valence-corrected chi connectivity index (χ1v) is 7.02. The van der Waals surface area contributed by atoms with Crippen LogP contribution in [0.1, 0.15) is 17.3 Å². The molecule has 0 radical (unpaired) electrons. The molecule has 0 bridgehead atoms. The Labute approximate surface area is 123 Å². The summed E-state index contributed by atoms with van der Waals surface area (Å²) in [6, 6.07) is 4.54. The highest BCUT2D eigenvalue weighted by Gasteiger charge is 2.17. The third-order valence-electron chi connectivity index (χ3n) is 3.59. The Morgan fingerprint density at radius 3 is 2.76 bits per heavy atom. The molecule has 1 heterocycles. The maximum absolute atomic E-state index is 11.3. The summed E-state index contributed by atoms with van der Waals surface area (Å²) >= 11 is 0. The number of nitro benzene ring substituents is 1. The number of ketones is 1. The van der Waals surface area contributed by atoms with Gasteiger partial charge in [0.2, 0.25) is 0 Å². The highest BCUT2D eigenvalue weighted by molar-refractivity contribution is 5.95. The Bertz CT molecular complexity index is 527. The number of carbonyl (C=O) groups excluding carboxylic acids is 1. The molecule has 0 saturated carbocycles. The lowest BCUT2D eigenvalue weighted by Gasteiger charge is -2.23.